The van der Waals surface area contributed by atoms with E-state index >= 15 is 0 Å². The van der Waals surface area contributed by atoms with Crippen LogP contribution in [0, 0.1) is 3.57 Å². The fourth-order valence-corrected chi connectivity index (χ4v) is 3.82. The van der Waals surface area contributed by atoms with Gasteiger partial charge in [0.1, 0.15) is 0 Å². The van der Waals surface area contributed by atoms with Crippen LogP contribution in [0.1, 0.15) is 12.0 Å². The molecule has 0 saturated heterocycles. The zero-order valence-corrected chi connectivity index (χ0v) is 11.0. The van der Waals surface area contributed by atoms with Gasteiger partial charge in [-0.15, -0.1) is 0 Å². The average molecular weight is 412 g/mol. The summed E-state index contributed by atoms with van der Waals surface area (Å²) in [6.45, 7) is 0. The van der Waals surface area contributed by atoms with Crippen LogP contribution in [0.3, 0.4) is 0 Å². The maximum atomic E-state index is 12.4. The molecule has 0 N–H and O–H groups in total. The first-order valence-corrected chi connectivity index (χ1v) is 5.61. The molecular weight excluding hydrogens is 409 g/mol. The SMILES string of the molecule is FC(F)c1c(Br)cc(Br)cc1I. The Morgan fingerprint density at radius 3 is 2.25 bits per heavy atom. The Bertz CT molecular complexity index is 278. The third kappa shape index (κ3) is 2.38. The summed E-state index contributed by atoms with van der Waals surface area (Å²) in [7, 11) is 0. The smallest absolute Gasteiger partial charge is 0.205 e. The summed E-state index contributed by atoms with van der Waals surface area (Å²) in [5, 5.41) is 0. The third-order valence-electron chi connectivity index (χ3n) is 1.26. The molecule has 5 heteroatoms. The first kappa shape index (κ1) is 10.8. The summed E-state index contributed by atoms with van der Waals surface area (Å²) in [6, 6.07) is 3.27. The first-order valence-electron chi connectivity index (χ1n) is 2.95. The van der Waals surface area contributed by atoms with Gasteiger partial charge < -0.3 is 0 Å². The fraction of sp³-hybridized carbons (Fsp3) is 0.143. The first-order chi connectivity index (χ1) is 5.52. The lowest BCUT2D eigenvalue weighted by molar-refractivity contribution is 0.149. The molecule has 1 aromatic rings. The van der Waals surface area contributed by atoms with Gasteiger partial charge in [0, 0.05) is 18.1 Å². The zero-order valence-electron chi connectivity index (χ0n) is 5.62. The molecule has 12 heavy (non-hydrogen) atoms. The summed E-state index contributed by atoms with van der Waals surface area (Å²) in [4.78, 5) is 0. The molecule has 0 saturated carbocycles. The predicted octanol–water partition coefficient (Wildman–Crippen LogP) is 4.75. The quantitative estimate of drug-likeness (QED) is 0.585. The lowest BCUT2D eigenvalue weighted by Gasteiger charge is -2.06. The third-order valence-corrected chi connectivity index (χ3v) is 3.27. The minimum atomic E-state index is -2.43. The molecule has 0 fully saturated rings. The van der Waals surface area contributed by atoms with Gasteiger partial charge in [0.15, 0.2) is 0 Å². The summed E-state index contributed by atoms with van der Waals surface area (Å²) in [6.07, 6.45) is -2.43. The van der Waals surface area contributed by atoms with E-state index in [1.165, 1.54) is 0 Å². The van der Waals surface area contributed by atoms with Crippen molar-refractivity contribution in [2.45, 2.75) is 6.43 Å². The minimum absolute atomic E-state index is 0.0544. The molecule has 0 heterocycles. The maximum Gasteiger partial charge on any atom is 0.265 e. The normalized spacial score (nSPS) is 10.8. The van der Waals surface area contributed by atoms with Crippen molar-refractivity contribution in [2.75, 3.05) is 0 Å². The van der Waals surface area contributed by atoms with Crippen LogP contribution >= 0.6 is 54.5 Å². The van der Waals surface area contributed by atoms with Crippen molar-refractivity contribution < 1.29 is 8.78 Å². The molecule has 1 rings (SSSR count). The van der Waals surface area contributed by atoms with Crippen LogP contribution in [0.15, 0.2) is 21.1 Å². The summed E-state index contributed by atoms with van der Waals surface area (Å²) >= 11 is 8.19. The highest BCUT2D eigenvalue weighted by molar-refractivity contribution is 14.1. The van der Waals surface area contributed by atoms with Crippen molar-refractivity contribution in [2.24, 2.45) is 0 Å². The second-order valence-corrected chi connectivity index (χ2v) is 5.02. The maximum absolute atomic E-state index is 12.4. The molecule has 0 aliphatic heterocycles. The van der Waals surface area contributed by atoms with Gasteiger partial charge >= 0.3 is 0 Å². The van der Waals surface area contributed by atoms with Crippen molar-refractivity contribution >= 4 is 54.5 Å². The van der Waals surface area contributed by atoms with E-state index in [1.54, 1.807) is 12.1 Å². The molecule has 0 atom stereocenters. The van der Waals surface area contributed by atoms with Gasteiger partial charge in [0.2, 0.25) is 0 Å². The van der Waals surface area contributed by atoms with Gasteiger partial charge in [-0.2, -0.15) is 0 Å². The number of hydrogen-bond donors (Lipinski definition) is 0. The zero-order chi connectivity index (χ0) is 9.30. The molecule has 0 unspecified atom stereocenters. The van der Waals surface area contributed by atoms with Crippen molar-refractivity contribution in [3.05, 3.63) is 30.2 Å². The Morgan fingerprint density at radius 1 is 1.25 bits per heavy atom. The second-order valence-electron chi connectivity index (χ2n) is 2.08. The Balaban J connectivity index is 3.28. The van der Waals surface area contributed by atoms with Crippen molar-refractivity contribution in [3.63, 3.8) is 0 Å². The molecule has 0 bridgehead atoms. The van der Waals surface area contributed by atoms with E-state index in [9.17, 15) is 8.78 Å². The summed E-state index contributed by atoms with van der Waals surface area (Å²) in [5.74, 6) is 0. The van der Waals surface area contributed by atoms with Crippen LogP contribution in [0.4, 0.5) is 8.78 Å². The van der Waals surface area contributed by atoms with Gasteiger partial charge in [0.25, 0.3) is 6.43 Å². The lowest BCUT2D eigenvalue weighted by atomic mass is 10.2. The van der Waals surface area contributed by atoms with Crippen LogP contribution in [0.5, 0.6) is 0 Å². The Morgan fingerprint density at radius 2 is 1.83 bits per heavy atom. The molecule has 0 aromatic heterocycles. The van der Waals surface area contributed by atoms with Crippen molar-refractivity contribution in [1.29, 1.82) is 0 Å². The molecule has 0 amide bonds. The molecule has 1 aromatic carbocycles. The molecule has 0 nitrogen and oxygen atoms in total. The average Bonchev–Trinajstić information content (AvgIpc) is 1.82. The van der Waals surface area contributed by atoms with Crippen LogP contribution in [-0.2, 0) is 0 Å². The van der Waals surface area contributed by atoms with Crippen molar-refractivity contribution in [1.82, 2.24) is 0 Å². The van der Waals surface area contributed by atoms with Crippen LogP contribution in [0.2, 0.25) is 0 Å². The molecule has 66 valence electrons. The molecular formula is C7H3Br2F2I. The Hall–Kier alpha value is 0.770. The van der Waals surface area contributed by atoms with Gasteiger partial charge in [-0.25, -0.2) is 8.78 Å². The van der Waals surface area contributed by atoms with E-state index in [1.807, 2.05) is 22.6 Å². The predicted molar refractivity (Wildman–Crippen MR) is 59.5 cm³/mol. The van der Waals surface area contributed by atoms with Gasteiger partial charge in [-0.3, -0.25) is 0 Å². The number of benzene rings is 1. The Kier molecular flexibility index (Phi) is 3.91. The summed E-state index contributed by atoms with van der Waals surface area (Å²) in [5.41, 5.74) is 0.0544. The Labute approximate surface area is 99.1 Å². The monoisotopic (exact) mass is 410 g/mol. The van der Waals surface area contributed by atoms with E-state index in [0.717, 1.165) is 4.47 Å². The largest absolute Gasteiger partial charge is 0.265 e. The van der Waals surface area contributed by atoms with Crippen LogP contribution < -0.4 is 0 Å². The highest BCUT2D eigenvalue weighted by atomic mass is 127. The number of rotatable bonds is 1. The van der Waals surface area contributed by atoms with E-state index in [0.29, 0.717) is 8.04 Å². The topological polar surface area (TPSA) is 0 Å². The second kappa shape index (κ2) is 4.32. The van der Waals surface area contributed by atoms with E-state index < -0.39 is 6.43 Å². The van der Waals surface area contributed by atoms with E-state index in [4.69, 9.17) is 0 Å². The van der Waals surface area contributed by atoms with E-state index in [2.05, 4.69) is 31.9 Å². The lowest BCUT2D eigenvalue weighted by Crippen LogP contribution is -1.91. The molecule has 0 aliphatic rings. The molecule has 0 spiro atoms. The van der Waals surface area contributed by atoms with E-state index in [-0.39, 0.29) is 5.56 Å². The number of halogens is 5. The summed E-state index contributed by atoms with van der Waals surface area (Å²) < 4.78 is 26.5. The van der Waals surface area contributed by atoms with Gasteiger partial charge in [-0.1, -0.05) is 31.9 Å². The standard InChI is InChI=1S/C7H3Br2F2I/c8-3-1-4(9)6(7(10)11)5(12)2-3/h1-2,7H. The highest BCUT2D eigenvalue weighted by Crippen LogP contribution is 2.33. The van der Waals surface area contributed by atoms with Gasteiger partial charge in [-0.05, 0) is 34.7 Å². The highest BCUT2D eigenvalue weighted by Gasteiger charge is 2.15. The van der Waals surface area contributed by atoms with Crippen molar-refractivity contribution in [3.8, 4) is 0 Å². The molecule has 0 aliphatic carbocycles. The number of alkyl halides is 2. The minimum Gasteiger partial charge on any atom is -0.205 e. The van der Waals surface area contributed by atoms with Crippen LogP contribution in [0.25, 0.3) is 0 Å². The van der Waals surface area contributed by atoms with Gasteiger partial charge in [0.05, 0.1) is 0 Å². The number of hydrogen-bond acceptors (Lipinski definition) is 0. The van der Waals surface area contributed by atoms with Crippen LogP contribution in [-0.4, -0.2) is 0 Å². The molecule has 0 radical (unpaired) electrons. The fourth-order valence-electron chi connectivity index (χ4n) is 0.762.